The van der Waals surface area contributed by atoms with Gasteiger partial charge in [0, 0.05) is 19.1 Å². The van der Waals surface area contributed by atoms with Crippen molar-refractivity contribution in [3.63, 3.8) is 0 Å². The predicted octanol–water partition coefficient (Wildman–Crippen LogP) is 1.85. The molecule has 0 saturated heterocycles. The summed E-state index contributed by atoms with van der Waals surface area (Å²) >= 11 is 0. The van der Waals surface area contributed by atoms with Crippen LogP contribution in [0.15, 0.2) is 0 Å². The van der Waals surface area contributed by atoms with Crippen molar-refractivity contribution in [2.75, 3.05) is 13.2 Å². The summed E-state index contributed by atoms with van der Waals surface area (Å²) in [7, 11) is 0. The molecule has 0 heterocycles. The van der Waals surface area contributed by atoms with Gasteiger partial charge in [0.2, 0.25) is 5.91 Å². The Morgan fingerprint density at radius 3 is 2.33 bits per heavy atom. The van der Waals surface area contributed by atoms with Crippen LogP contribution in [0.5, 0.6) is 0 Å². The summed E-state index contributed by atoms with van der Waals surface area (Å²) in [5.41, 5.74) is 0. The van der Waals surface area contributed by atoms with E-state index in [-0.39, 0.29) is 18.4 Å². The van der Waals surface area contributed by atoms with Crippen molar-refractivity contribution in [3.05, 3.63) is 0 Å². The summed E-state index contributed by atoms with van der Waals surface area (Å²) in [5, 5.41) is 11.5. The zero-order chi connectivity index (χ0) is 10.9. The first-order valence-electron chi connectivity index (χ1n) is 6.23. The molecule has 0 aromatic carbocycles. The molecule has 3 nitrogen and oxygen atoms in total. The van der Waals surface area contributed by atoms with Gasteiger partial charge in [-0.3, -0.25) is 4.79 Å². The van der Waals surface area contributed by atoms with Gasteiger partial charge >= 0.3 is 0 Å². The van der Waals surface area contributed by atoms with Crippen molar-refractivity contribution in [1.29, 1.82) is 0 Å². The van der Waals surface area contributed by atoms with E-state index >= 15 is 0 Å². The monoisotopic (exact) mass is 213 g/mol. The van der Waals surface area contributed by atoms with Gasteiger partial charge in [-0.25, -0.2) is 0 Å². The topological polar surface area (TPSA) is 49.3 Å². The van der Waals surface area contributed by atoms with Gasteiger partial charge in [0.1, 0.15) is 0 Å². The number of carbonyl (C=O) groups excluding carboxylic acids is 1. The first-order valence-corrected chi connectivity index (χ1v) is 6.23. The van der Waals surface area contributed by atoms with Gasteiger partial charge in [0.05, 0.1) is 0 Å². The second-order valence-electron chi connectivity index (χ2n) is 4.41. The average Bonchev–Trinajstić information content (AvgIpc) is 2.17. The predicted molar refractivity (Wildman–Crippen MR) is 60.5 cm³/mol. The summed E-state index contributed by atoms with van der Waals surface area (Å²) < 4.78 is 0. The van der Waals surface area contributed by atoms with Crippen molar-refractivity contribution in [3.8, 4) is 0 Å². The molecule has 0 aromatic rings. The molecule has 0 radical (unpaired) electrons. The van der Waals surface area contributed by atoms with E-state index < -0.39 is 0 Å². The van der Waals surface area contributed by atoms with Crippen molar-refractivity contribution >= 4 is 5.91 Å². The van der Waals surface area contributed by atoms with Crippen LogP contribution in [-0.2, 0) is 4.79 Å². The highest BCUT2D eigenvalue weighted by Crippen LogP contribution is 2.22. The number of nitrogens with one attached hydrogen (secondary N) is 1. The van der Waals surface area contributed by atoms with E-state index in [0.29, 0.717) is 13.0 Å². The summed E-state index contributed by atoms with van der Waals surface area (Å²) in [6, 6.07) is 0. The number of aliphatic hydroxyl groups excluding tert-OH is 1. The van der Waals surface area contributed by atoms with E-state index in [1.807, 2.05) is 0 Å². The summed E-state index contributed by atoms with van der Waals surface area (Å²) in [6.07, 6.45) is 9.03. The third-order valence-electron chi connectivity index (χ3n) is 3.11. The average molecular weight is 213 g/mol. The first kappa shape index (κ1) is 12.5. The maximum absolute atomic E-state index is 11.7. The highest BCUT2D eigenvalue weighted by atomic mass is 16.3. The van der Waals surface area contributed by atoms with Crippen LogP contribution < -0.4 is 5.32 Å². The lowest BCUT2D eigenvalue weighted by Gasteiger charge is -2.18. The molecular formula is C12H23NO2. The van der Waals surface area contributed by atoms with Gasteiger partial charge in [-0.05, 0) is 19.3 Å². The van der Waals surface area contributed by atoms with Crippen LogP contribution in [0, 0.1) is 5.92 Å². The van der Waals surface area contributed by atoms with E-state index in [1.54, 1.807) is 0 Å². The fourth-order valence-corrected chi connectivity index (χ4v) is 2.15. The molecule has 15 heavy (non-hydrogen) atoms. The normalized spacial score (nSPS) is 19.3. The van der Waals surface area contributed by atoms with Crippen LogP contribution in [0.1, 0.15) is 51.4 Å². The van der Waals surface area contributed by atoms with Gasteiger partial charge in [-0.15, -0.1) is 0 Å². The van der Waals surface area contributed by atoms with E-state index in [9.17, 15) is 4.79 Å². The summed E-state index contributed by atoms with van der Waals surface area (Å²) in [5.74, 6) is 0.425. The molecule has 0 bridgehead atoms. The number of carbonyl (C=O) groups is 1. The van der Waals surface area contributed by atoms with Gasteiger partial charge in [0.15, 0.2) is 0 Å². The quantitative estimate of drug-likeness (QED) is 0.700. The minimum Gasteiger partial charge on any atom is -0.396 e. The molecule has 1 rings (SSSR count). The molecular weight excluding hydrogens is 190 g/mol. The van der Waals surface area contributed by atoms with Crippen molar-refractivity contribution in [2.24, 2.45) is 5.92 Å². The molecule has 0 unspecified atom stereocenters. The third kappa shape index (κ3) is 5.17. The Bertz CT molecular complexity index is 174. The van der Waals surface area contributed by atoms with Gasteiger partial charge in [0.25, 0.3) is 0 Å². The molecule has 88 valence electrons. The Kier molecular flexibility index (Phi) is 6.41. The SMILES string of the molecule is O=C(NCCCO)C1CCCCCCC1. The molecule has 3 heteroatoms. The minimum atomic E-state index is 0.158. The van der Waals surface area contributed by atoms with Crippen LogP contribution in [0.2, 0.25) is 0 Å². The van der Waals surface area contributed by atoms with E-state index in [0.717, 1.165) is 12.8 Å². The molecule has 0 spiro atoms. The Morgan fingerprint density at radius 1 is 1.13 bits per heavy atom. The van der Waals surface area contributed by atoms with Gasteiger partial charge in [-0.2, -0.15) is 0 Å². The standard InChI is InChI=1S/C12H23NO2/c14-10-6-9-13-12(15)11-7-4-2-1-3-5-8-11/h11,14H,1-10H2,(H,13,15). The molecule has 0 aliphatic heterocycles. The fraction of sp³-hybridized carbons (Fsp3) is 0.917. The van der Waals surface area contributed by atoms with Crippen LogP contribution >= 0.6 is 0 Å². The van der Waals surface area contributed by atoms with Crippen LogP contribution in [0.3, 0.4) is 0 Å². The van der Waals surface area contributed by atoms with E-state index in [2.05, 4.69) is 5.32 Å². The maximum atomic E-state index is 11.7. The number of amides is 1. The molecule has 1 saturated carbocycles. The maximum Gasteiger partial charge on any atom is 0.223 e. The van der Waals surface area contributed by atoms with Crippen molar-refractivity contribution in [2.45, 2.75) is 51.4 Å². The second-order valence-corrected chi connectivity index (χ2v) is 4.41. The lowest BCUT2D eigenvalue weighted by Crippen LogP contribution is -2.32. The zero-order valence-corrected chi connectivity index (χ0v) is 9.50. The first-order chi connectivity index (χ1) is 7.34. The Labute approximate surface area is 92.3 Å². The molecule has 1 fully saturated rings. The molecule has 0 atom stereocenters. The Hall–Kier alpha value is -0.570. The van der Waals surface area contributed by atoms with Crippen LogP contribution in [-0.4, -0.2) is 24.2 Å². The smallest absolute Gasteiger partial charge is 0.223 e. The number of aliphatic hydroxyl groups is 1. The Morgan fingerprint density at radius 2 is 1.73 bits per heavy atom. The summed E-state index contributed by atoms with van der Waals surface area (Å²) in [6.45, 7) is 0.775. The van der Waals surface area contributed by atoms with Crippen molar-refractivity contribution in [1.82, 2.24) is 5.32 Å². The largest absolute Gasteiger partial charge is 0.396 e. The highest BCUT2D eigenvalue weighted by molar-refractivity contribution is 5.78. The molecule has 0 aromatic heterocycles. The van der Waals surface area contributed by atoms with E-state index in [4.69, 9.17) is 5.11 Å². The molecule has 1 aliphatic carbocycles. The van der Waals surface area contributed by atoms with Gasteiger partial charge in [-0.1, -0.05) is 32.1 Å². The van der Waals surface area contributed by atoms with Gasteiger partial charge < -0.3 is 10.4 Å². The van der Waals surface area contributed by atoms with Crippen molar-refractivity contribution < 1.29 is 9.90 Å². The highest BCUT2D eigenvalue weighted by Gasteiger charge is 2.18. The fourth-order valence-electron chi connectivity index (χ4n) is 2.15. The number of hydrogen-bond donors (Lipinski definition) is 2. The molecule has 2 N–H and O–H groups in total. The van der Waals surface area contributed by atoms with Crippen LogP contribution in [0.4, 0.5) is 0 Å². The lowest BCUT2D eigenvalue weighted by molar-refractivity contribution is -0.125. The third-order valence-corrected chi connectivity index (χ3v) is 3.11. The summed E-state index contributed by atoms with van der Waals surface area (Å²) in [4.78, 5) is 11.7. The molecule has 1 aliphatic rings. The Balaban J connectivity index is 2.22. The molecule has 1 amide bonds. The van der Waals surface area contributed by atoms with Crippen LogP contribution in [0.25, 0.3) is 0 Å². The number of hydrogen-bond acceptors (Lipinski definition) is 2. The number of rotatable bonds is 4. The second kappa shape index (κ2) is 7.69. The lowest BCUT2D eigenvalue weighted by atomic mass is 9.90. The van der Waals surface area contributed by atoms with E-state index in [1.165, 1.54) is 32.1 Å². The zero-order valence-electron chi connectivity index (χ0n) is 9.50. The minimum absolute atomic E-state index is 0.158.